The lowest BCUT2D eigenvalue weighted by Gasteiger charge is -2.05. The van der Waals surface area contributed by atoms with Gasteiger partial charge in [0.05, 0.1) is 0 Å². The Morgan fingerprint density at radius 1 is 1.25 bits per heavy atom. The number of rotatable bonds is 3. The van der Waals surface area contributed by atoms with Crippen LogP contribution in [0, 0.1) is 0 Å². The summed E-state index contributed by atoms with van der Waals surface area (Å²) in [6.07, 6.45) is 0.618. The Labute approximate surface area is 82.8 Å². The van der Waals surface area contributed by atoms with Crippen LogP contribution in [-0.2, 0) is 0 Å². The second-order valence-corrected chi connectivity index (χ2v) is 3.84. The molecule has 1 aromatic carbocycles. The Kier molecular flexibility index (Phi) is 3.64. The highest BCUT2D eigenvalue weighted by molar-refractivity contribution is 6.44. The standard InChI is InChI=1S/C10H10Cl2/c1-8(7-10(11)12)9-5-3-2-4-6-9/h2-6,10H,1,7H2. The van der Waals surface area contributed by atoms with Gasteiger partial charge in [-0.2, -0.15) is 0 Å². The highest BCUT2D eigenvalue weighted by Crippen LogP contribution is 2.21. The van der Waals surface area contributed by atoms with Crippen LogP contribution in [0.3, 0.4) is 0 Å². The molecule has 0 aliphatic heterocycles. The molecule has 2 heteroatoms. The normalized spacial score (nSPS) is 10.2. The van der Waals surface area contributed by atoms with Gasteiger partial charge in [-0.05, 0) is 11.1 Å². The molecule has 1 aromatic rings. The molecule has 0 aliphatic rings. The van der Waals surface area contributed by atoms with Gasteiger partial charge < -0.3 is 0 Å². The highest BCUT2D eigenvalue weighted by atomic mass is 35.5. The van der Waals surface area contributed by atoms with Crippen LogP contribution in [0.1, 0.15) is 12.0 Å². The second-order valence-electron chi connectivity index (χ2n) is 2.56. The molecule has 0 aliphatic carbocycles. The zero-order valence-corrected chi connectivity index (χ0v) is 8.15. The summed E-state index contributed by atoms with van der Waals surface area (Å²) in [4.78, 5) is -0.363. The molecule has 0 unspecified atom stereocenters. The van der Waals surface area contributed by atoms with E-state index in [2.05, 4.69) is 6.58 Å². The molecule has 12 heavy (non-hydrogen) atoms. The Hall–Kier alpha value is -0.460. The van der Waals surface area contributed by atoms with Gasteiger partial charge in [0, 0.05) is 6.42 Å². The summed E-state index contributed by atoms with van der Waals surface area (Å²) in [6, 6.07) is 9.91. The molecule has 0 fully saturated rings. The highest BCUT2D eigenvalue weighted by Gasteiger charge is 2.03. The van der Waals surface area contributed by atoms with Crippen LogP contribution in [0.2, 0.25) is 0 Å². The van der Waals surface area contributed by atoms with E-state index in [1.807, 2.05) is 30.3 Å². The summed E-state index contributed by atoms with van der Waals surface area (Å²) < 4.78 is 0. The summed E-state index contributed by atoms with van der Waals surface area (Å²) >= 11 is 11.3. The predicted octanol–water partition coefficient (Wildman–Crippen LogP) is 3.89. The topological polar surface area (TPSA) is 0 Å². The minimum absolute atomic E-state index is 0.363. The maximum absolute atomic E-state index is 5.63. The van der Waals surface area contributed by atoms with E-state index in [4.69, 9.17) is 23.2 Å². The molecule has 0 saturated carbocycles. The van der Waals surface area contributed by atoms with Crippen LogP contribution in [0.5, 0.6) is 0 Å². The zero-order valence-electron chi connectivity index (χ0n) is 6.63. The van der Waals surface area contributed by atoms with Crippen molar-refractivity contribution in [1.82, 2.24) is 0 Å². The zero-order chi connectivity index (χ0) is 8.97. The largest absolute Gasteiger partial charge is 0.111 e. The fraction of sp³-hybridized carbons (Fsp3) is 0.200. The lowest BCUT2D eigenvalue weighted by molar-refractivity contribution is 1.18. The Morgan fingerprint density at radius 3 is 2.33 bits per heavy atom. The molecule has 64 valence electrons. The molecule has 0 nitrogen and oxygen atoms in total. The number of allylic oxidation sites excluding steroid dienone is 1. The van der Waals surface area contributed by atoms with Crippen LogP contribution in [0.15, 0.2) is 36.9 Å². The lowest BCUT2D eigenvalue weighted by Crippen LogP contribution is -1.89. The Bertz CT molecular complexity index is 252. The van der Waals surface area contributed by atoms with Gasteiger partial charge in [0.1, 0.15) is 4.84 Å². The van der Waals surface area contributed by atoms with E-state index in [9.17, 15) is 0 Å². The number of benzene rings is 1. The number of hydrogen-bond donors (Lipinski definition) is 0. The first-order chi connectivity index (χ1) is 5.70. The maximum Gasteiger partial charge on any atom is 0.111 e. The average Bonchev–Trinajstić information content (AvgIpc) is 2.05. The van der Waals surface area contributed by atoms with Crippen molar-refractivity contribution in [2.45, 2.75) is 11.3 Å². The van der Waals surface area contributed by atoms with Crippen molar-refractivity contribution in [2.75, 3.05) is 0 Å². The minimum Gasteiger partial charge on any atom is -0.105 e. The molecule has 0 heterocycles. The van der Waals surface area contributed by atoms with Crippen molar-refractivity contribution in [2.24, 2.45) is 0 Å². The fourth-order valence-corrected chi connectivity index (χ4v) is 1.35. The first-order valence-electron chi connectivity index (χ1n) is 3.71. The van der Waals surface area contributed by atoms with Crippen molar-refractivity contribution in [3.63, 3.8) is 0 Å². The molecule has 0 amide bonds. The third kappa shape index (κ3) is 2.88. The smallest absolute Gasteiger partial charge is 0.105 e. The van der Waals surface area contributed by atoms with Crippen LogP contribution < -0.4 is 0 Å². The molecule has 0 spiro atoms. The van der Waals surface area contributed by atoms with Gasteiger partial charge in [0.2, 0.25) is 0 Å². The molecule has 0 radical (unpaired) electrons. The summed E-state index contributed by atoms with van der Waals surface area (Å²) in [5.41, 5.74) is 2.08. The van der Waals surface area contributed by atoms with Gasteiger partial charge in [-0.25, -0.2) is 0 Å². The van der Waals surface area contributed by atoms with Crippen LogP contribution in [0.25, 0.3) is 5.57 Å². The van der Waals surface area contributed by atoms with E-state index in [1.165, 1.54) is 0 Å². The van der Waals surface area contributed by atoms with Gasteiger partial charge in [-0.3, -0.25) is 0 Å². The Morgan fingerprint density at radius 2 is 1.83 bits per heavy atom. The van der Waals surface area contributed by atoms with Crippen molar-refractivity contribution in [1.29, 1.82) is 0 Å². The first kappa shape index (κ1) is 9.63. The quantitative estimate of drug-likeness (QED) is 0.650. The number of alkyl halides is 2. The van der Waals surface area contributed by atoms with E-state index in [-0.39, 0.29) is 4.84 Å². The van der Waals surface area contributed by atoms with Crippen molar-refractivity contribution >= 4 is 28.8 Å². The molecule has 0 aromatic heterocycles. The van der Waals surface area contributed by atoms with Crippen molar-refractivity contribution < 1.29 is 0 Å². The molecular weight excluding hydrogens is 191 g/mol. The van der Waals surface area contributed by atoms with Gasteiger partial charge in [0.25, 0.3) is 0 Å². The molecule has 0 N–H and O–H groups in total. The van der Waals surface area contributed by atoms with E-state index < -0.39 is 0 Å². The van der Waals surface area contributed by atoms with Crippen molar-refractivity contribution in [3.8, 4) is 0 Å². The minimum atomic E-state index is -0.363. The summed E-state index contributed by atoms with van der Waals surface area (Å²) in [6.45, 7) is 3.90. The number of hydrogen-bond acceptors (Lipinski definition) is 0. The summed E-state index contributed by atoms with van der Waals surface area (Å²) in [5.74, 6) is 0. The third-order valence-corrected chi connectivity index (χ3v) is 1.89. The monoisotopic (exact) mass is 200 g/mol. The van der Waals surface area contributed by atoms with E-state index in [0.29, 0.717) is 6.42 Å². The van der Waals surface area contributed by atoms with Gasteiger partial charge in [-0.15, -0.1) is 23.2 Å². The van der Waals surface area contributed by atoms with E-state index >= 15 is 0 Å². The molecule has 0 bridgehead atoms. The molecule has 0 saturated heterocycles. The predicted molar refractivity (Wildman–Crippen MR) is 55.6 cm³/mol. The van der Waals surface area contributed by atoms with Gasteiger partial charge in [-0.1, -0.05) is 36.9 Å². The SMILES string of the molecule is C=C(CC(Cl)Cl)c1ccccc1. The van der Waals surface area contributed by atoms with Crippen LogP contribution in [0.4, 0.5) is 0 Å². The lowest BCUT2D eigenvalue weighted by atomic mass is 10.1. The van der Waals surface area contributed by atoms with Crippen LogP contribution in [-0.4, -0.2) is 4.84 Å². The average molecular weight is 201 g/mol. The van der Waals surface area contributed by atoms with E-state index in [0.717, 1.165) is 11.1 Å². The maximum atomic E-state index is 5.63. The first-order valence-corrected chi connectivity index (χ1v) is 4.59. The molecular formula is C10H10Cl2. The fourth-order valence-electron chi connectivity index (χ4n) is 0.978. The molecule has 1 rings (SSSR count). The second kappa shape index (κ2) is 4.54. The molecule has 0 atom stereocenters. The summed E-state index contributed by atoms with van der Waals surface area (Å²) in [5, 5.41) is 0. The van der Waals surface area contributed by atoms with Gasteiger partial charge in [0.15, 0.2) is 0 Å². The number of halogens is 2. The van der Waals surface area contributed by atoms with Crippen LogP contribution >= 0.6 is 23.2 Å². The third-order valence-electron chi connectivity index (χ3n) is 1.58. The van der Waals surface area contributed by atoms with Gasteiger partial charge >= 0.3 is 0 Å². The Balaban J connectivity index is 2.66. The van der Waals surface area contributed by atoms with E-state index in [1.54, 1.807) is 0 Å². The summed E-state index contributed by atoms with van der Waals surface area (Å²) in [7, 11) is 0. The van der Waals surface area contributed by atoms with Crippen molar-refractivity contribution in [3.05, 3.63) is 42.5 Å².